The van der Waals surface area contributed by atoms with E-state index in [1.54, 1.807) is 0 Å². The third-order valence-corrected chi connectivity index (χ3v) is 1.31. The molecule has 1 aromatic rings. The van der Waals surface area contributed by atoms with Crippen molar-refractivity contribution in [3.05, 3.63) is 40.7 Å². The summed E-state index contributed by atoms with van der Waals surface area (Å²) in [6.07, 6.45) is 6.09. The predicted octanol–water partition coefficient (Wildman–Crippen LogP) is 1.28. The van der Waals surface area contributed by atoms with Gasteiger partial charge in [0.25, 0.3) is 0 Å². The summed E-state index contributed by atoms with van der Waals surface area (Å²) in [6, 6.07) is 0. The Bertz CT molecular complexity index is 407. The van der Waals surface area contributed by atoms with E-state index in [1.165, 1.54) is 6.08 Å². The maximum atomic E-state index is 10.4. The van der Waals surface area contributed by atoms with Gasteiger partial charge in [-0.1, -0.05) is 5.16 Å². The van der Waals surface area contributed by atoms with E-state index in [2.05, 4.69) is 14.4 Å². The third kappa shape index (κ3) is 3.07. The number of ether oxygens (including phenoxy) is 1. The van der Waals surface area contributed by atoms with E-state index in [0.29, 0.717) is 6.29 Å². The van der Waals surface area contributed by atoms with Gasteiger partial charge in [0.15, 0.2) is 5.69 Å². The van der Waals surface area contributed by atoms with Crippen molar-refractivity contribution in [2.24, 2.45) is 0 Å². The molecule has 0 amide bonds. The van der Waals surface area contributed by atoms with Gasteiger partial charge in [-0.25, -0.2) is 0 Å². The summed E-state index contributed by atoms with van der Waals surface area (Å²) in [5.41, 5.74) is -0.214. The quantitative estimate of drug-likeness (QED) is 0.239. The van der Waals surface area contributed by atoms with Crippen molar-refractivity contribution in [2.75, 3.05) is 0 Å². The molecule has 0 bridgehead atoms. The molecule has 1 heterocycles. The van der Waals surface area contributed by atoms with Crippen molar-refractivity contribution in [3.63, 3.8) is 0 Å². The van der Waals surface area contributed by atoms with Crippen LogP contribution in [0.3, 0.4) is 0 Å². The lowest BCUT2D eigenvalue weighted by Crippen LogP contribution is -1.87. The molecular weight excluding hydrogens is 204 g/mol. The molecule has 0 aliphatic rings. The standard InChI is InChI=1S/C8H6N2O5/c11-3-1-4-14-5-2-7-8(10(12)13)6-15-9-7/h1-6H/b4-1+,5-2+. The Labute approximate surface area is 83.8 Å². The summed E-state index contributed by atoms with van der Waals surface area (Å²) >= 11 is 0. The second-order valence-electron chi connectivity index (χ2n) is 2.25. The van der Waals surface area contributed by atoms with E-state index >= 15 is 0 Å². The maximum Gasteiger partial charge on any atom is 0.335 e. The number of carbonyl (C=O) groups is 1. The summed E-state index contributed by atoms with van der Waals surface area (Å²) < 4.78 is 9.10. The van der Waals surface area contributed by atoms with E-state index in [0.717, 1.165) is 24.9 Å². The number of hydrogen-bond donors (Lipinski definition) is 0. The zero-order valence-electron chi connectivity index (χ0n) is 7.40. The van der Waals surface area contributed by atoms with Crippen LogP contribution >= 0.6 is 0 Å². The summed E-state index contributed by atoms with van der Waals surface area (Å²) in [5, 5.41) is 13.8. The second-order valence-corrected chi connectivity index (χ2v) is 2.25. The van der Waals surface area contributed by atoms with Crippen LogP contribution in [0.1, 0.15) is 5.69 Å². The fraction of sp³-hybridized carbons (Fsp3) is 0. The van der Waals surface area contributed by atoms with Gasteiger partial charge < -0.3 is 9.26 Å². The highest BCUT2D eigenvalue weighted by Crippen LogP contribution is 2.17. The first-order chi connectivity index (χ1) is 7.25. The Kier molecular flexibility index (Phi) is 3.78. The van der Waals surface area contributed by atoms with E-state index in [9.17, 15) is 14.9 Å². The van der Waals surface area contributed by atoms with Crippen molar-refractivity contribution in [1.82, 2.24) is 5.16 Å². The van der Waals surface area contributed by atoms with Crippen LogP contribution in [0.4, 0.5) is 5.69 Å². The lowest BCUT2D eigenvalue weighted by Gasteiger charge is -1.86. The molecule has 7 heteroatoms. The van der Waals surface area contributed by atoms with Crippen LogP contribution in [0.15, 0.2) is 29.4 Å². The van der Waals surface area contributed by atoms with Gasteiger partial charge in [-0.05, 0) is 0 Å². The third-order valence-electron chi connectivity index (χ3n) is 1.31. The monoisotopic (exact) mass is 210 g/mol. The SMILES string of the molecule is O=C/C=C/O/C=C/c1nocc1[N+](=O)[O-]. The predicted molar refractivity (Wildman–Crippen MR) is 48.5 cm³/mol. The summed E-state index contributed by atoms with van der Waals surface area (Å²) in [4.78, 5) is 19.6. The van der Waals surface area contributed by atoms with Crippen LogP contribution in [0.2, 0.25) is 0 Å². The van der Waals surface area contributed by atoms with Gasteiger partial charge in [-0.3, -0.25) is 14.9 Å². The molecule has 0 aromatic carbocycles. The van der Waals surface area contributed by atoms with Crippen LogP contribution in [0, 0.1) is 10.1 Å². The molecule has 0 radical (unpaired) electrons. The molecule has 0 saturated carbocycles. The van der Waals surface area contributed by atoms with E-state index in [-0.39, 0.29) is 11.4 Å². The number of nitro groups is 1. The first kappa shape index (κ1) is 10.6. The number of aromatic nitrogens is 1. The first-order valence-electron chi connectivity index (χ1n) is 3.77. The molecule has 0 spiro atoms. The van der Waals surface area contributed by atoms with Gasteiger partial charge in [0.2, 0.25) is 6.26 Å². The Morgan fingerprint density at radius 3 is 3.00 bits per heavy atom. The molecule has 0 saturated heterocycles. The number of carbonyl (C=O) groups excluding carboxylic acids is 1. The molecule has 15 heavy (non-hydrogen) atoms. The summed E-state index contributed by atoms with van der Waals surface area (Å²) in [6.45, 7) is 0. The topological polar surface area (TPSA) is 95.5 Å². The van der Waals surface area contributed by atoms with Crippen LogP contribution in [-0.2, 0) is 9.53 Å². The van der Waals surface area contributed by atoms with Gasteiger partial charge in [-0.15, -0.1) is 0 Å². The lowest BCUT2D eigenvalue weighted by molar-refractivity contribution is -0.385. The van der Waals surface area contributed by atoms with Crippen molar-refractivity contribution in [2.45, 2.75) is 0 Å². The average Bonchev–Trinajstić information content (AvgIpc) is 2.66. The number of rotatable bonds is 5. The molecule has 0 aliphatic carbocycles. The van der Waals surface area contributed by atoms with E-state index < -0.39 is 4.92 Å². The number of aldehydes is 1. The fourth-order valence-electron chi connectivity index (χ4n) is 0.719. The van der Waals surface area contributed by atoms with Gasteiger partial charge in [0.05, 0.1) is 17.4 Å². The van der Waals surface area contributed by atoms with E-state index in [4.69, 9.17) is 0 Å². The summed E-state index contributed by atoms with van der Waals surface area (Å²) in [7, 11) is 0. The summed E-state index contributed by atoms with van der Waals surface area (Å²) in [5.74, 6) is 0. The highest BCUT2D eigenvalue weighted by molar-refractivity contribution is 5.64. The zero-order chi connectivity index (χ0) is 11.1. The normalized spacial score (nSPS) is 10.9. The van der Waals surface area contributed by atoms with Gasteiger partial charge in [-0.2, -0.15) is 0 Å². The smallest absolute Gasteiger partial charge is 0.335 e. The Morgan fingerprint density at radius 1 is 1.53 bits per heavy atom. The van der Waals surface area contributed by atoms with Crippen molar-refractivity contribution in [1.29, 1.82) is 0 Å². The molecule has 0 N–H and O–H groups in total. The molecule has 0 unspecified atom stereocenters. The van der Waals surface area contributed by atoms with Crippen LogP contribution in [0.25, 0.3) is 6.08 Å². The minimum atomic E-state index is -0.628. The minimum absolute atomic E-state index is 0.0412. The minimum Gasteiger partial charge on any atom is -0.472 e. The highest BCUT2D eigenvalue weighted by Gasteiger charge is 2.15. The maximum absolute atomic E-state index is 10.4. The largest absolute Gasteiger partial charge is 0.472 e. The molecule has 7 nitrogen and oxygen atoms in total. The first-order valence-corrected chi connectivity index (χ1v) is 3.77. The van der Waals surface area contributed by atoms with Crippen molar-refractivity contribution >= 4 is 18.0 Å². The molecule has 0 fully saturated rings. The van der Waals surface area contributed by atoms with Crippen LogP contribution < -0.4 is 0 Å². The van der Waals surface area contributed by atoms with Gasteiger partial charge >= 0.3 is 5.69 Å². The Hall–Kier alpha value is -2.44. The second kappa shape index (κ2) is 5.32. The average molecular weight is 210 g/mol. The van der Waals surface area contributed by atoms with E-state index in [1.807, 2.05) is 0 Å². The highest BCUT2D eigenvalue weighted by atomic mass is 16.6. The van der Waals surface area contributed by atoms with Crippen LogP contribution in [-0.4, -0.2) is 16.4 Å². The van der Waals surface area contributed by atoms with Crippen LogP contribution in [0.5, 0.6) is 0 Å². The van der Waals surface area contributed by atoms with Crippen molar-refractivity contribution < 1.29 is 19.0 Å². The molecular formula is C8H6N2O5. The number of allylic oxidation sites excluding steroid dienone is 1. The number of hydrogen-bond acceptors (Lipinski definition) is 6. The molecule has 0 atom stereocenters. The molecule has 1 aromatic heterocycles. The van der Waals surface area contributed by atoms with Gasteiger partial charge in [0, 0.05) is 12.2 Å². The van der Waals surface area contributed by atoms with Crippen molar-refractivity contribution in [3.8, 4) is 0 Å². The Balaban J connectivity index is 2.64. The number of nitrogens with zero attached hydrogens (tertiary/aromatic N) is 2. The molecule has 1 rings (SSSR count). The van der Waals surface area contributed by atoms with Gasteiger partial charge in [0.1, 0.15) is 6.29 Å². The fourth-order valence-corrected chi connectivity index (χ4v) is 0.719. The molecule has 0 aliphatic heterocycles. The molecule has 78 valence electrons. The zero-order valence-corrected chi connectivity index (χ0v) is 7.40. The Morgan fingerprint density at radius 2 is 2.33 bits per heavy atom. The lowest BCUT2D eigenvalue weighted by atomic mass is 10.4.